The molecule has 0 bridgehead atoms. The van der Waals surface area contributed by atoms with Gasteiger partial charge >= 0.3 is 12.1 Å². The van der Waals surface area contributed by atoms with Crippen LogP contribution in [0.1, 0.15) is 29.0 Å². The zero-order chi connectivity index (χ0) is 23.5. The minimum Gasteiger partial charge on any atom is -0.480 e. The molecule has 0 spiro atoms. The minimum atomic E-state index is -1.09. The summed E-state index contributed by atoms with van der Waals surface area (Å²) in [5.74, 6) is -1.16. The van der Waals surface area contributed by atoms with Crippen molar-refractivity contribution in [3.05, 3.63) is 102 Å². The molecule has 1 amide bonds. The van der Waals surface area contributed by atoms with E-state index in [2.05, 4.69) is 22.4 Å². The molecule has 1 aliphatic rings. The Labute approximate surface area is 197 Å². The average molecular weight is 453 g/mol. The van der Waals surface area contributed by atoms with Gasteiger partial charge in [-0.05, 0) is 58.9 Å². The van der Waals surface area contributed by atoms with Gasteiger partial charge in [0.2, 0.25) is 0 Å². The van der Waals surface area contributed by atoms with Gasteiger partial charge in [-0.15, -0.1) is 0 Å². The highest BCUT2D eigenvalue weighted by Gasteiger charge is 2.29. The van der Waals surface area contributed by atoms with E-state index in [1.807, 2.05) is 66.7 Å². The molecule has 0 fully saturated rings. The van der Waals surface area contributed by atoms with Crippen LogP contribution in [0, 0.1) is 0 Å². The lowest BCUT2D eigenvalue weighted by Gasteiger charge is -2.17. The normalized spacial score (nSPS) is 13.2. The van der Waals surface area contributed by atoms with E-state index in [1.165, 1.54) is 0 Å². The minimum absolute atomic E-state index is 0.0763. The fraction of sp³-hybridized carbons (Fsp3) is 0.179. The first kappa shape index (κ1) is 21.6. The highest BCUT2D eigenvalue weighted by atomic mass is 16.5. The molecule has 1 heterocycles. The number of fused-ring (bicyclic) bond motifs is 4. The summed E-state index contributed by atoms with van der Waals surface area (Å²) in [4.78, 5) is 28.6. The number of benzene rings is 3. The molecule has 6 nitrogen and oxygen atoms in total. The summed E-state index contributed by atoms with van der Waals surface area (Å²) in [6.07, 6.45) is 1.77. The van der Waals surface area contributed by atoms with Crippen LogP contribution in [0.15, 0.2) is 85.1 Å². The number of aryl methyl sites for hydroxylation is 1. The number of alkyl carbamates (subject to hydrolysis) is 1. The third-order valence-electron chi connectivity index (χ3n) is 6.32. The number of pyridine rings is 1. The number of hydrogen-bond acceptors (Lipinski definition) is 4. The Kier molecular flexibility index (Phi) is 5.95. The number of aliphatic carboxylic acids is 1. The average Bonchev–Trinajstić information content (AvgIpc) is 3.18. The molecule has 0 radical (unpaired) electrons. The van der Waals surface area contributed by atoms with Crippen molar-refractivity contribution in [2.75, 3.05) is 6.61 Å². The third-order valence-corrected chi connectivity index (χ3v) is 6.32. The number of ether oxygens (including phenoxy) is 1. The Morgan fingerprint density at radius 1 is 0.941 bits per heavy atom. The Morgan fingerprint density at radius 2 is 1.65 bits per heavy atom. The fourth-order valence-corrected chi connectivity index (χ4v) is 4.63. The molecule has 1 atom stereocenters. The maximum absolute atomic E-state index is 12.5. The molecule has 34 heavy (non-hydrogen) atoms. The van der Waals surface area contributed by atoms with Gasteiger partial charge in [-0.3, -0.25) is 4.98 Å². The first-order valence-corrected chi connectivity index (χ1v) is 11.3. The summed E-state index contributed by atoms with van der Waals surface area (Å²) in [5, 5.41) is 13.2. The summed E-state index contributed by atoms with van der Waals surface area (Å²) in [5.41, 5.74) is 6.37. The van der Waals surface area contributed by atoms with Crippen molar-refractivity contribution in [2.45, 2.75) is 24.8 Å². The second kappa shape index (κ2) is 9.35. The van der Waals surface area contributed by atoms with Crippen LogP contribution in [0.2, 0.25) is 0 Å². The van der Waals surface area contributed by atoms with Gasteiger partial charge in [0.15, 0.2) is 0 Å². The highest BCUT2D eigenvalue weighted by molar-refractivity contribution is 5.81. The van der Waals surface area contributed by atoms with Crippen LogP contribution >= 0.6 is 0 Å². The smallest absolute Gasteiger partial charge is 0.407 e. The molecule has 6 heteroatoms. The molecule has 0 aliphatic heterocycles. The van der Waals surface area contributed by atoms with Gasteiger partial charge < -0.3 is 15.2 Å². The van der Waals surface area contributed by atoms with Gasteiger partial charge in [0.1, 0.15) is 12.6 Å². The summed E-state index contributed by atoms with van der Waals surface area (Å²) >= 11 is 0. The monoisotopic (exact) mass is 452 g/mol. The molecule has 1 aromatic heterocycles. The molecule has 2 N–H and O–H groups in total. The number of aromatic nitrogens is 1. The van der Waals surface area contributed by atoms with Crippen molar-refractivity contribution in [3.8, 4) is 11.1 Å². The van der Waals surface area contributed by atoms with Crippen molar-refractivity contribution in [1.82, 2.24) is 10.3 Å². The quantitative estimate of drug-likeness (QED) is 0.404. The molecule has 3 aromatic carbocycles. The highest BCUT2D eigenvalue weighted by Crippen LogP contribution is 2.44. The van der Waals surface area contributed by atoms with Crippen LogP contribution in [0.3, 0.4) is 0 Å². The predicted octanol–water partition coefficient (Wildman–Crippen LogP) is 5.16. The lowest BCUT2D eigenvalue weighted by Crippen LogP contribution is -2.41. The largest absolute Gasteiger partial charge is 0.480 e. The van der Waals surface area contributed by atoms with E-state index >= 15 is 0 Å². The lowest BCUT2D eigenvalue weighted by molar-refractivity contribution is -0.139. The number of amides is 1. The molecule has 1 aliphatic carbocycles. The van der Waals surface area contributed by atoms with Crippen LogP contribution in [0.4, 0.5) is 4.79 Å². The van der Waals surface area contributed by atoms with Crippen molar-refractivity contribution in [1.29, 1.82) is 0 Å². The summed E-state index contributed by atoms with van der Waals surface area (Å²) in [6.45, 7) is 0.143. The van der Waals surface area contributed by atoms with Gasteiger partial charge in [-0.25, -0.2) is 9.59 Å². The number of carbonyl (C=O) groups excluding carboxylic acids is 1. The van der Waals surface area contributed by atoms with E-state index < -0.39 is 18.1 Å². The number of carboxylic acid groups (broad SMARTS) is 1. The Morgan fingerprint density at radius 3 is 2.35 bits per heavy atom. The molecule has 4 aromatic rings. The maximum atomic E-state index is 12.5. The second-order valence-electron chi connectivity index (χ2n) is 8.43. The Bertz CT molecular complexity index is 1320. The van der Waals surface area contributed by atoms with E-state index in [-0.39, 0.29) is 18.9 Å². The first-order chi connectivity index (χ1) is 16.6. The number of nitrogens with one attached hydrogen (secondary N) is 1. The number of rotatable bonds is 7. The first-order valence-electron chi connectivity index (χ1n) is 11.3. The molecular weight excluding hydrogens is 428 g/mol. The van der Waals surface area contributed by atoms with Crippen molar-refractivity contribution >= 4 is 23.0 Å². The van der Waals surface area contributed by atoms with Gasteiger partial charge in [-0.1, -0.05) is 60.7 Å². The lowest BCUT2D eigenvalue weighted by atomic mass is 9.98. The number of carboxylic acids is 1. The molecule has 0 unspecified atom stereocenters. The van der Waals surface area contributed by atoms with E-state index in [9.17, 15) is 14.7 Å². The molecule has 5 rings (SSSR count). The van der Waals surface area contributed by atoms with Crippen molar-refractivity contribution < 1.29 is 19.4 Å². The third kappa shape index (κ3) is 4.35. The van der Waals surface area contributed by atoms with E-state index in [0.717, 1.165) is 38.7 Å². The van der Waals surface area contributed by atoms with E-state index in [4.69, 9.17) is 4.74 Å². The number of carbonyl (C=O) groups is 2. The molecular formula is C28H24N2O4. The standard InChI is InChI=1S/C28H24N2O4/c31-27(32)26(14-12-18-11-13-25-19(16-18)6-5-15-29-25)30-28(33)34-17-24-22-9-3-1-7-20(22)21-8-2-4-10-23(21)24/h1-11,13,15-16,24,26H,12,14,17H2,(H,30,33)(H,31,32)/t26-/m0/s1. The zero-order valence-corrected chi connectivity index (χ0v) is 18.5. The number of hydrogen-bond donors (Lipinski definition) is 2. The molecule has 170 valence electrons. The van der Waals surface area contributed by atoms with Gasteiger partial charge in [0.25, 0.3) is 0 Å². The topological polar surface area (TPSA) is 88.5 Å². The summed E-state index contributed by atoms with van der Waals surface area (Å²) < 4.78 is 5.51. The van der Waals surface area contributed by atoms with Crippen LogP contribution in [0.5, 0.6) is 0 Å². The maximum Gasteiger partial charge on any atom is 0.407 e. The SMILES string of the molecule is O=C(N[C@@H](CCc1ccc2ncccc2c1)C(=O)O)OCC1c2ccccc2-c2ccccc21. The van der Waals surface area contributed by atoms with Crippen LogP contribution in [0.25, 0.3) is 22.0 Å². The summed E-state index contributed by atoms with van der Waals surface area (Å²) in [6, 6.07) is 24.8. The van der Waals surface area contributed by atoms with Crippen LogP contribution < -0.4 is 5.32 Å². The van der Waals surface area contributed by atoms with Gasteiger partial charge in [-0.2, -0.15) is 0 Å². The zero-order valence-electron chi connectivity index (χ0n) is 18.5. The fourth-order valence-electron chi connectivity index (χ4n) is 4.63. The molecule has 0 saturated heterocycles. The predicted molar refractivity (Wildman–Crippen MR) is 130 cm³/mol. The van der Waals surface area contributed by atoms with E-state index in [0.29, 0.717) is 6.42 Å². The van der Waals surface area contributed by atoms with Crippen LogP contribution in [-0.4, -0.2) is 34.8 Å². The van der Waals surface area contributed by atoms with Crippen LogP contribution in [-0.2, 0) is 16.0 Å². The summed E-state index contributed by atoms with van der Waals surface area (Å²) in [7, 11) is 0. The second-order valence-corrected chi connectivity index (χ2v) is 8.43. The van der Waals surface area contributed by atoms with Gasteiger partial charge in [0, 0.05) is 17.5 Å². The Balaban J connectivity index is 1.22. The Hall–Kier alpha value is -4.19. The number of nitrogens with zero attached hydrogens (tertiary/aromatic N) is 1. The molecule has 0 saturated carbocycles. The van der Waals surface area contributed by atoms with E-state index in [1.54, 1.807) is 6.20 Å². The van der Waals surface area contributed by atoms with Crippen molar-refractivity contribution in [2.24, 2.45) is 0 Å². The van der Waals surface area contributed by atoms with Gasteiger partial charge in [0.05, 0.1) is 5.52 Å². The van der Waals surface area contributed by atoms with Crippen molar-refractivity contribution in [3.63, 3.8) is 0 Å².